The van der Waals surface area contributed by atoms with Gasteiger partial charge in [0.15, 0.2) is 11.5 Å². The normalized spacial score (nSPS) is 18.2. The molecule has 0 aliphatic carbocycles. The molecule has 2 aromatic rings. The molecule has 2 amide bonds. The van der Waals surface area contributed by atoms with E-state index in [1.165, 1.54) is 11.3 Å². The van der Waals surface area contributed by atoms with Gasteiger partial charge in [-0.05, 0) is 25.0 Å². The van der Waals surface area contributed by atoms with Gasteiger partial charge >= 0.3 is 0 Å². The Morgan fingerprint density at radius 1 is 1.31 bits per heavy atom. The van der Waals surface area contributed by atoms with E-state index < -0.39 is 0 Å². The Morgan fingerprint density at radius 3 is 3.00 bits per heavy atom. The number of hydrogen-bond donors (Lipinski definition) is 1. The molecule has 1 aromatic carbocycles. The van der Waals surface area contributed by atoms with Crippen LogP contribution in [0.3, 0.4) is 0 Å². The smallest absolute Gasteiger partial charge is 0.286 e. The highest BCUT2D eigenvalue weighted by molar-refractivity contribution is 7.13. The number of nitrogens with zero attached hydrogens (tertiary/aromatic N) is 3. The zero-order valence-corrected chi connectivity index (χ0v) is 15.0. The van der Waals surface area contributed by atoms with E-state index in [1.807, 2.05) is 11.8 Å². The van der Waals surface area contributed by atoms with E-state index in [-0.39, 0.29) is 29.7 Å². The van der Waals surface area contributed by atoms with Gasteiger partial charge in [-0.25, -0.2) is 0 Å². The Morgan fingerprint density at radius 2 is 2.15 bits per heavy atom. The summed E-state index contributed by atoms with van der Waals surface area (Å²) >= 11 is 1.23. The highest BCUT2D eigenvalue weighted by atomic mass is 32.1. The van der Waals surface area contributed by atoms with Crippen LogP contribution in [0.15, 0.2) is 18.2 Å². The predicted molar refractivity (Wildman–Crippen MR) is 94.4 cm³/mol. The van der Waals surface area contributed by atoms with E-state index >= 15 is 0 Å². The summed E-state index contributed by atoms with van der Waals surface area (Å²) in [5.41, 5.74) is 0.597. The number of aromatic nitrogens is 2. The van der Waals surface area contributed by atoms with Crippen molar-refractivity contribution in [2.45, 2.75) is 32.2 Å². The third-order valence-electron chi connectivity index (χ3n) is 4.43. The molecular weight excluding hydrogens is 356 g/mol. The Kier molecular flexibility index (Phi) is 4.46. The minimum Gasteiger partial charge on any atom is -0.454 e. The van der Waals surface area contributed by atoms with Gasteiger partial charge in [-0.15, -0.1) is 10.2 Å². The number of carbonyl (C=O) groups excluding carboxylic acids is 2. The Bertz CT molecular complexity index is 853. The van der Waals surface area contributed by atoms with Crippen LogP contribution < -0.4 is 14.8 Å². The molecule has 26 heavy (non-hydrogen) atoms. The number of carbonyl (C=O) groups is 2. The molecule has 8 nitrogen and oxygen atoms in total. The van der Waals surface area contributed by atoms with Gasteiger partial charge in [0.05, 0.1) is 6.04 Å². The standard InChI is InChI=1S/C17H18N4O4S/c1-2-14(22)21-7-3-4-11(21)16-19-20-17(26-16)15(23)18-10-5-6-12-13(8-10)25-9-24-12/h5-6,8,11H,2-4,7,9H2,1H3,(H,18,23)/t11-/m1/s1. The lowest BCUT2D eigenvalue weighted by atomic mass is 10.2. The average molecular weight is 374 g/mol. The number of fused-ring (bicyclic) bond motifs is 1. The van der Waals surface area contributed by atoms with Gasteiger partial charge in [0, 0.05) is 24.7 Å². The van der Waals surface area contributed by atoms with Crippen molar-refractivity contribution < 1.29 is 19.1 Å². The summed E-state index contributed by atoms with van der Waals surface area (Å²) in [6.45, 7) is 2.76. The Balaban J connectivity index is 1.47. The molecule has 1 fully saturated rings. The van der Waals surface area contributed by atoms with Crippen LogP contribution in [0.25, 0.3) is 0 Å². The molecule has 0 saturated carbocycles. The van der Waals surface area contributed by atoms with Crippen molar-refractivity contribution in [1.29, 1.82) is 0 Å². The zero-order valence-electron chi connectivity index (χ0n) is 14.2. The number of anilines is 1. The second kappa shape index (κ2) is 6.91. The van der Waals surface area contributed by atoms with Crippen molar-refractivity contribution in [2.24, 2.45) is 0 Å². The molecule has 2 aliphatic rings. The van der Waals surface area contributed by atoms with Crippen LogP contribution in [0.1, 0.15) is 47.0 Å². The molecule has 1 aromatic heterocycles. The molecule has 2 aliphatic heterocycles. The lowest BCUT2D eigenvalue weighted by Gasteiger charge is -2.21. The Labute approximate surface area is 154 Å². The maximum absolute atomic E-state index is 12.5. The number of rotatable bonds is 4. The molecule has 4 rings (SSSR count). The van der Waals surface area contributed by atoms with Crippen LogP contribution in [0, 0.1) is 0 Å². The van der Waals surface area contributed by atoms with E-state index in [4.69, 9.17) is 9.47 Å². The molecule has 1 atom stereocenters. The van der Waals surface area contributed by atoms with E-state index in [1.54, 1.807) is 18.2 Å². The van der Waals surface area contributed by atoms with Gasteiger partial charge in [0.1, 0.15) is 5.01 Å². The molecule has 3 heterocycles. The minimum absolute atomic E-state index is 0.0768. The van der Waals surface area contributed by atoms with Gasteiger partial charge < -0.3 is 19.7 Å². The number of likely N-dealkylation sites (tertiary alicyclic amines) is 1. The first-order valence-corrected chi connectivity index (χ1v) is 9.31. The van der Waals surface area contributed by atoms with Gasteiger partial charge in [-0.3, -0.25) is 9.59 Å². The fourth-order valence-corrected chi connectivity index (χ4v) is 4.03. The zero-order chi connectivity index (χ0) is 18.1. The van der Waals surface area contributed by atoms with Gasteiger partial charge in [0.2, 0.25) is 17.7 Å². The largest absolute Gasteiger partial charge is 0.454 e. The van der Waals surface area contributed by atoms with Gasteiger partial charge in [-0.2, -0.15) is 0 Å². The fraction of sp³-hybridized carbons (Fsp3) is 0.412. The number of nitrogens with one attached hydrogen (secondary N) is 1. The third kappa shape index (κ3) is 3.10. The molecule has 0 spiro atoms. The lowest BCUT2D eigenvalue weighted by molar-refractivity contribution is -0.131. The number of amides is 2. The molecule has 0 bridgehead atoms. The molecule has 1 saturated heterocycles. The van der Waals surface area contributed by atoms with Gasteiger partial charge in [-0.1, -0.05) is 18.3 Å². The van der Waals surface area contributed by atoms with Crippen LogP contribution in [-0.4, -0.2) is 40.2 Å². The summed E-state index contributed by atoms with van der Waals surface area (Å²) < 4.78 is 10.6. The van der Waals surface area contributed by atoms with Gasteiger partial charge in [0.25, 0.3) is 5.91 Å². The van der Waals surface area contributed by atoms with Crippen molar-refractivity contribution >= 4 is 28.8 Å². The first-order chi connectivity index (χ1) is 12.7. The van der Waals surface area contributed by atoms with Crippen LogP contribution in [0.2, 0.25) is 0 Å². The first-order valence-electron chi connectivity index (χ1n) is 8.49. The van der Waals surface area contributed by atoms with Crippen LogP contribution in [0.5, 0.6) is 11.5 Å². The fourth-order valence-electron chi connectivity index (χ4n) is 3.14. The SMILES string of the molecule is CCC(=O)N1CCC[C@@H]1c1nnc(C(=O)Nc2ccc3c(c2)OCO3)s1. The van der Waals surface area contributed by atoms with E-state index in [0.717, 1.165) is 19.4 Å². The lowest BCUT2D eigenvalue weighted by Crippen LogP contribution is -2.29. The average Bonchev–Trinajstić information content (AvgIpc) is 3.38. The number of ether oxygens (including phenoxy) is 2. The summed E-state index contributed by atoms with van der Waals surface area (Å²) in [7, 11) is 0. The van der Waals surface area contributed by atoms with E-state index in [0.29, 0.717) is 28.6 Å². The Hall–Kier alpha value is -2.68. The van der Waals surface area contributed by atoms with E-state index in [9.17, 15) is 9.59 Å². The minimum atomic E-state index is -0.334. The highest BCUT2D eigenvalue weighted by Crippen LogP contribution is 2.35. The molecule has 136 valence electrons. The van der Waals surface area contributed by atoms with Crippen LogP contribution >= 0.6 is 11.3 Å². The summed E-state index contributed by atoms with van der Waals surface area (Å²) in [5, 5.41) is 11.9. The van der Waals surface area contributed by atoms with Crippen molar-refractivity contribution in [3.8, 4) is 11.5 Å². The maximum Gasteiger partial charge on any atom is 0.286 e. The van der Waals surface area contributed by atoms with Crippen LogP contribution in [0.4, 0.5) is 5.69 Å². The summed E-state index contributed by atoms with van der Waals surface area (Å²) in [4.78, 5) is 26.3. The third-order valence-corrected chi connectivity index (χ3v) is 5.45. The quantitative estimate of drug-likeness (QED) is 0.884. The van der Waals surface area contributed by atoms with Crippen molar-refractivity contribution in [2.75, 3.05) is 18.7 Å². The summed E-state index contributed by atoms with van der Waals surface area (Å²) in [6, 6.07) is 5.12. The second-order valence-corrected chi connectivity index (χ2v) is 7.08. The van der Waals surface area contributed by atoms with Crippen LogP contribution in [-0.2, 0) is 4.79 Å². The molecule has 1 N–H and O–H groups in total. The monoisotopic (exact) mass is 374 g/mol. The summed E-state index contributed by atoms with van der Waals surface area (Å²) in [5.74, 6) is 1.02. The predicted octanol–water partition coefficient (Wildman–Crippen LogP) is 2.59. The van der Waals surface area contributed by atoms with Crippen molar-refractivity contribution in [3.05, 3.63) is 28.2 Å². The van der Waals surface area contributed by atoms with E-state index in [2.05, 4.69) is 15.5 Å². The topological polar surface area (TPSA) is 93.7 Å². The molecule has 0 radical (unpaired) electrons. The number of hydrogen-bond acceptors (Lipinski definition) is 7. The summed E-state index contributed by atoms with van der Waals surface area (Å²) in [6.07, 6.45) is 2.26. The molecule has 0 unspecified atom stereocenters. The first kappa shape index (κ1) is 16.8. The van der Waals surface area contributed by atoms with Crippen molar-refractivity contribution in [1.82, 2.24) is 15.1 Å². The van der Waals surface area contributed by atoms with Crippen molar-refractivity contribution in [3.63, 3.8) is 0 Å². The maximum atomic E-state index is 12.5. The highest BCUT2D eigenvalue weighted by Gasteiger charge is 2.32. The molecular formula is C17H18N4O4S. The second-order valence-electron chi connectivity index (χ2n) is 6.07. The molecule has 9 heteroatoms. The number of benzene rings is 1.